The average molecular weight is 245 g/mol. The van der Waals surface area contributed by atoms with Crippen molar-refractivity contribution in [3.8, 4) is 0 Å². The van der Waals surface area contributed by atoms with Crippen LogP contribution in [-0.4, -0.2) is 6.54 Å². The van der Waals surface area contributed by atoms with Crippen LogP contribution in [0.25, 0.3) is 0 Å². The molecule has 1 rings (SSSR count). The largest absolute Gasteiger partial charge is 0.416 e. The Hall–Kier alpha value is -1.03. The first-order chi connectivity index (χ1) is 7.74. The Labute approximate surface area is 99.8 Å². The molecule has 0 fully saturated rings. The molecule has 0 aliphatic rings. The maximum atomic E-state index is 12.4. The van der Waals surface area contributed by atoms with E-state index in [1.165, 1.54) is 0 Å². The number of nitrogens with two attached hydrogens (primary N) is 1. The van der Waals surface area contributed by atoms with E-state index in [9.17, 15) is 13.2 Å². The van der Waals surface area contributed by atoms with Gasteiger partial charge in [-0.2, -0.15) is 13.2 Å². The van der Waals surface area contributed by atoms with E-state index in [-0.39, 0.29) is 5.41 Å². The van der Waals surface area contributed by atoms with E-state index < -0.39 is 11.7 Å². The summed E-state index contributed by atoms with van der Waals surface area (Å²) >= 11 is 0. The first-order valence-corrected chi connectivity index (χ1v) is 5.61. The first-order valence-electron chi connectivity index (χ1n) is 5.61. The second-order valence-electron chi connectivity index (χ2n) is 5.07. The molecule has 96 valence electrons. The standard InChI is InChI=1S/C13H18F3N/c1-12(2,7-8-17)9-10-3-5-11(6-4-10)13(14,15)16/h3-6H,7-9,17H2,1-2H3. The Morgan fingerprint density at radius 3 is 2.00 bits per heavy atom. The first kappa shape index (κ1) is 14.0. The molecule has 4 heteroatoms. The molecule has 1 aromatic carbocycles. The van der Waals surface area contributed by atoms with Crippen LogP contribution in [0.5, 0.6) is 0 Å². The zero-order chi connectivity index (χ0) is 13.1. The Kier molecular flexibility index (Phi) is 4.20. The molecule has 0 saturated carbocycles. The van der Waals surface area contributed by atoms with Crippen LogP contribution in [0.2, 0.25) is 0 Å². The van der Waals surface area contributed by atoms with Crippen LogP contribution in [0.15, 0.2) is 24.3 Å². The fourth-order valence-corrected chi connectivity index (χ4v) is 1.84. The van der Waals surface area contributed by atoms with Gasteiger partial charge in [0.2, 0.25) is 0 Å². The topological polar surface area (TPSA) is 26.0 Å². The molecule has 0 bridgehead atoms. The molecule has 0 heterocycles. The highest BCUT2D eigenvalue weighted by Gasteiger charge is 2.30. The van der Waals surface area contributed by atoms with Gasteiger partial charge in [0.1, 0.15) is 0 Å². The maximum absolute atomic E-state index is 12.4. The Bertz CT molecular complexity index is 352. The van der Waals surface area contributed by atoms with E-state index in [1.54, 1.807) is 12.1 Å². The lowest BCUT2D eigenvalue weighted by Gasteiger charge is -2.24. The van der Waals surface area contributed by atoms with Crippen molar-refractivity contribution in [2.24, 2.45) is 11.1 Å². The fraction of sp³-hybridized carbons (Fsp3) is 0.538. The van der Waals surface area contributed by atoms with E-state index in [0.717, 1.165) is 30.5 Å². The Morgan fingerprint density at radius 2 is 1.59 bits per heavy atom. The molecule has 0 amide bonds. The minimum atomic E-state index is -4.26. The van der Waals surface area contributed by atoms with Gasteiger partial charge in [0.25, 0.3) is 0 Å². The van der Waals surface area contributed by atoms with Crippen LogP contribution in [-0.2, 0) is 12.6 Å². The summed E-state index contributed by atoms with van der Waals surface area (Å²) in [4.78, 5) is 0. The van der Waals surface area contributed by atoms with Crippen molar-refractivity contribution in [3.05, 3.63) is 35.4 Å². The summed E-state index contributed by atoms with van der Waals surface area (Å²) in [5.74, 6) is 0. The van der Waals surface area contributed by atoms with Crippen LogP contribution in [0.1, 0.15) is 31.4 Å². The molecule has 17 heavy (non-hydrogen) atoms. The maximum Gasteiger partial charge on any atom is 0.416 e. The van der Waals surface area contributed by atoms with Gasteiger partial charge < -0.3 is 5.73 Å². The molecule has 0 atom stereocenters. The summed E-state index contributed by atoms with van der Waals surface area (Å²) in [6.45, 7) is 4.72. The molecule has 0 aliphatic carbocycles. The van der Waals surface area contributed by atoms with Gasteiger partial charge in [0.15, 0.2) is 0 Å². The Morgan fingerprint density at radius 1 is 1.06 bits per heavy atom. The summed E-state index contributed by atoms with van der Waals surface area (Å²) in [6.07, 6.45) is -2.67. The third kappa shape index (κ3) is 4.38. The SMILES string of the molecule is CC(C)(CCN)Cc1ccc(C(F)(F)F)cc1. The zero-order valence-corrected chi connectivity index (χ0v) is 10.1. The molecular formula is C13H18F3N. The summed E-state index contributed by atoms with van der Waals surface area (Å²) in [7, 11) is 0. The number of halogens is 3. The van der Waals surface area contributed by atoms with Crippen molar-refractivity contribution in [2.75, 3.05) is 6.54 Å². The molecule has 1 nitrogen and oxygen atoms in total. The predicted octanol–water partition coefficient (Wildman–Crippen LogP) is 3.62. The number of benzene rings is 1. The molecule has 1 aromatic rings. The van der Waals surface area contributed by atoms with Crippen molar-refractivity contribution in [1.29, 1.82) is 0 Å². The minimum Gasteiger partial charge on any atom is -0.330 e. The predicted molar refractivity (Wildman–Crippen MR) is 62.6 cm³/mol. The monoisotopic (exact) mass is 245 g/mol. The van der Waals surface area contributed by atoms with Gasteiger partial charge in [-0.1, -0.05) is 26.0 Å². The quantitative estimate of drug-likeness (QED) is 0.861. The van der Waals surface area contributed by atoms with Gasteiger partial charge in [0, 0.05) is 0 Å². The van der Waals surface area contributed by atoms with E-state index in [0.29, 0.717) is 6.54 Å². The molecule has 0 unspecified atom stereocenters. The average Bonchev–Trinajstić information content (AvgIpc) is 2.16. The van der Waals surface area contributed by atoms with Gasteiger partial charge in [-0.25, -0.2) is 0 Å². The number of rotatable bonds is 4. The second kappa shape index (κ2) is 5.08. The van der Waals surface area contributed by atoms with Crippen LogP contribution in [0, 0.1) is 5.41 Å². The van der Waals surface area contributed by atoms with E-state index in [1.807, 2.05) is 0 Å². The lowest BCUT2D eigenvalue weighted by molar-refractivity contribution is -0.137. The number of hydrogen-bond acceptors (Lipinski definition) is 1. The third-order valence-electron chi connectivity index (χ3n) is 2.79. The van der Waals surface area contributed by atoms with E-state index in [4.69, 9.17) is 5.73 Å². The summed E-state index contributed by atoms with van der Waals surface area (Å²) in [5, 5.41) is 0. The molecule has 0 saturated heterocycles. The van der Waals surface area contributed by atoms with E-state index >= 15 is 0 Å². The summed E-state index contributed by atoms with van der Waals surface area (Å²) in [5.41, 5.74) is 5.84. The fourth-order valence-electron chi connectivity index (χ4n) is 1.84. The van der Waals surface area contributed by atoms with Gasteiger partial charge in [-0.3, -0.25) is 0 Å². The van der Waals surface area contributed by atoms with Crippen molar-refractivity contribution < 1.29 is 13.2 Å². The van der Waals surface area contributed by atoms with Crippen molar-refractivity contribution in [1.82, 2.24) is 0 Å². The molecule has 0 aliphatic heterocycles. The molecule has 0 aromatic heterocycles. The highest BCUT2D eigenvalue weighted by molar-refractivity contribution is 5.25. The summed E-state index contributed by atoms with van der Waals surface area (Å²) in [6, 6.07) is 5.35. The van der Waals surface area contributed by atoms with Gasteiger partial charge in [-0.15, -0.1) is 0 Å². The smallest absolute Gasteiger partial charge is 0.330 e. The molecule has 0 radical (unpaired) electrons. The third-order valence-corrected chi connectivity index (χ3v) is 2.79. The second-order valence-corrected chi connectivity index (χ2v) is 5.07. The lowest BCUT2D eigenvalue weighted by Crippen LogP contribution is -2.19. The highest BCUT2D eigenvalue weighted by atomic mass is 19.4. The summed E-state index contributed by atoms with van der Waals surface area (Å²) < 4.78 is 37.1. The van der Waals surface area contributed by atoms with Crippen LogP contribution >= 0.6 is 0 Å². The van der Waals surface area contributed by atoms with Crippen LogP contribution < -0.4 is 5.73 Å². The van der Waals surface area contributed by atoms with Gasteiger partial charge in [-0.05, 0) is 42.5 Å². The molecule has 2 N–H and O–H groups in total. The molecule has 0 spiro atoms. The Balaban J connectivity index is 2.75. The number of alkyl halides is 3. The zero-order valence-electron chi connectivity index (χ0n) is 10.1. The highest BCUT2D eigenvalue weighted by Crippen LogP contribution is 2.30. The van der Waals surface area contributed by atoms with Crippen molar-refractivity contribution in [2.45, 2.75) is 32.9 Å². The van der Waals surface area contributed by atoms with Crippen LogP contribution in [0.3, 0.4) is 0 Å². The normalized spacial score (nSPS) is 12.8. The van der Waals surface area contributed by atoms with Crippen molar-refractivity contribution >= 4 is 0 Å². The van der Waals surface area contributed by atoms with E-state index in [2.05, 4.69) is 13.8 Å². The molecular weight excluding hydrogens is 227 g/mol. The van der Waals surface area contributed by atoms with Crippen molar-refractivity contribution in [3.63, 3.8) is 0 Å². The van der Waals surface area contributed by atoms with Crippen LogP contribution in [0.4, 0.5) is 13.2 Å². The minimum absolute atomic E-state index is 0.0223. The lowest BCUT2D eigenvalue weighted by atomic mass is 9.82. The van der Waals surface area contributed by atoms with Gasteiger partial charge in [0.05, 0.1) is 5.56 Å². The van der Waals surface area contributed by atoms with Gasteiger partial charge >= 0.3 is 6.18 Å². The number of hydrogen-bond donors (Lipinski definition) is 1.